The number of rotatable bonds is 4. The lowest BCUT2D eigenvalue weighted by Crippen LogP contribution is -2.16. The van der Waals surface area contributed by atoms with Gasteiger partial charge in [-0.3, -0.25) is 4.79 Å². The van der Waals surface area contributed by atoms with Gasteiger partial charge in [-0.05, 0) is 52.2 Å². The van der Waals surface area contributed by atoms with E-state index in [2.05, 4.69) is 21.2 Å². The smallest absolute Gasteiger partial charge is 0.291 e. The minimum atomic E-state index is -3.85. The number of furan rings is 1. The van der Waals surface area contributed by atoms with Gasteiger partial charge in [0.15, 0.2) is 10.4 Å². The zero-order valence-electron chi connectivity index (χ0n) is 11.1. The first-order valence-electron chi connectivity index (χ1n) is 6.03. The van der Waals surface area contributed by atoms with E-state index in [1.54, 1.807) is 18.2 Å². The zero-order chi connectivity index (χ0) is 15.6. The fourth-order valence-electron chi connectivity index (χ4n) is 1.82. The lowest BCUT2D eigenvalue weighted by atomic mass is 10.1. The van der Waals surface area contributed by atoms with Gasteiger partial charge in [0, 0.05) is 5.69 Å². The predicted molar refractivity (Wildman–Crippen MR) is 81.6 cm³/mol. The second-order valence-electron chi connectivity index (χ2n) is 4.28. The number of carbonyl (C=O) groups is 1. The van der Waals surface area contributed by atoms with Crippen molar-refractivity contribution in [2.75, 3.05) is 5.32 Å². The van der Waals surface area contributed by atoms with Crippen LogP contribution in [0.5, 0.6) is 0 Å². The van der Waals surface area contributed by atoms with Crippen molar-refractivity contribution in [3.63, 3.8) is 0 Å². The van der Waals surface area contributed by atoms with Gasteiger partial charge in [-0.25, -0.2) is 13.6 Å². The molecule has 0 aliphatic rings. The van der Waals surface area contributed by atoms with Crippen LogP contribution in [-0.2, 0) is 16.4 Å². The third-order valence-corrected chi connectivity index (χ3v) is 4.23. The van der Waals surface area contributed by atoms with E-state index in [1.807, 2.05) is 6.92 Å². The molecule has 2 rings (SSSR count). The number of amides is 1. The first kappa shape index (κ1) is 15.7. The largest absolute Gasteiger partial charge is 0.444 e. The molecule has 0 bridgehead atoms. The minimum absolute atomic E-state index is 0.00317. The Labute approximate surface area is 130 Å². The summed E-state index contributed by atoms with van der Waals surface area (Å²) in [5.41, 5.74) is 0.921. The summed E-state index contributed by atoms with van der Waals surface area (Å²) >= 11 is 3.10. The average molecular weight is 373 g/mol. The maximum atomic E-state index is 11.9. The van der Waals surface area contributed by atoms with Gasteiger partial charge in [0.1, 0.15) is 0 Å². The third kappa shape index (κ3) is 3.72. The number of anilines is 1. The molecule has 6 nitrogen and oxygen atoms in total. The van der Waals surface area contributed by atoms with Crippen LogP contribution < -0.4 is 10.5 Å². The van der Waals surface area contributed by atoms with Crippen molar-refractivity contribution in [3.05, 3.63) is 46.3 Å². The van der Waals surface area contributed by atoms with E-state index in [-0.39, 0.29) is 10.7 Å². The molecule has 0 spiro atoms. The SMILES string of the molecule is CCc1ccc(NC(=O)c2ccc(Br)o2)cc1S(N)(=O)=O. The molecule has 0 unspecified atom stereocenters. The summed E-state index contributed by atoms with van der Waals surface area (Å²) in [6.07, 6.45) is 0.519. The van der Waals surface area contributed by atoms with Crippen molar-refractivity contribution in [1.29, 1.82) is 0 Å². The maximum Gasteiger partial charge on any atom is 0.291 e. The topological polar surface area (TPSA) is 102 Å². The summed E-state index contributed by atoms with van der Waals surface area (Å²) in [5.74, 6) is -0.371. The van der Waals surface area contributed by atoms with Crippen LogP contribution in [-0.4, -0.2) is 14.3 Å². The normalized spacial score (nSPS) is 11.4. The number of hydrogen-bond acceptors (Lipinski definition) is 4. The van der Waals surface area contributed by atoms with E-state index in [4.69, 9.17) is 9.56 Å². The first-order chi connectivity index (χ1) is 9.81. The van der Waals surface area contributed by atoms with Crippen molar-refractivity contribution in [1.82, 2.24) is 0 Å². The van der Waals surface area contributed by atoms with Gasteiger partial charge < -0.3 is 9.73 Å². The van der Waals surface area contributed by atoms with E-state index in [9.17, 15) is 13.2 Å². The van der Waals surface area contributed by atoms with Gasteiger partial charge in [0.25, 0.3) is 5.91 Å². The summed E-state index contributed by atoms with van der Waals surface area (Å²) in [6, 6.07) is 7.66. The molecule has 1 heterocycles. The van der Waals surface area contributed by atoms with E-state index < -0.39 is 15.9 Å². The Morgan fingerprint density at radius 2 is 2.05 bits per heavy atom. The fraction of sp³-hybridized carbons (Fsp3) is 0.154. The van der Waals surface area contributed by atoms with Crippen molar-refractivity contribution in [2.45, 2.75) is 18.2 Å². The maximum absolute atomic E-state index is 11.9. The van der Waals surface area contributed by atoms with Crippen molar-refractivity contribution >= 4 is 37.5 Å². The van der Waals surface area contributed by atoms with E-state index in [0.29, 0.717) is 22.3 Å². The highest BCUT2D eigenvalue weighted by Crippen LogP contribution is 2.21. The molecule has 0 atom stereocenters. The van der Waals surface area contributed by atoms with Crippen LogP contribution in [0.25, 0.3) is 0 Å². The molecule has 1 aromatic heterocycles. The van der Waals surface area contributed by atoms with Gasteiger partial charge in [0.05, 0.1) is 4.90 Å². The lowest BCUT2D eigenvalue weighted by molar-refractivity contribution is 0.0995. The van der Waals surface area contributed by atoms with Crippen LogP contribution in [0, 0.1) is 0 Å². The molecule has 21 heavy (non-hydrogen) atoms. The number of hydrogen-bond donors (Lipinski definition) is 2. The number of halogens is 1. The fourth-order valence-corrected chi connectivity index (χ4v) is 2.99. The summed E-state index contributed by atoms with van der Waals surface area (Å²) in [6.45, 7) is 1.82. The molecule has 8 heteroatoms. The Morgan fingerprint density at radius 1 is 1.33 bits per heavy atom. The molecule has 0 saturated carbocycles. The molecule has 0 aliphatic heterocycles. The van der Waals surface area contributed by atoms with Crippen LogP contribution in [0.15, 0.2) is 44.3 Å². The van der Waals surface area contributed by atoms with Gasteiger partial charge in [-0.2, -0.15) is 0 Å². The Balaban J connectivity index is 2.31. The van der Waals surface area contributed by atoms with Crippen LogP contribution in [0.2, 0.25) is 0 Å². The van der Waals surface area contributed by atoms with Crippen LogP contribution in [0.4, 0.5) is 5.69 Å². The summed E-state index contributed by atoms with van der Waals surface area (Å²) in [4.78, 5) is 11.9. The highest BCUT2D eigenvalue weighted by atomic mass is 79.9. The number of sulfonamides is 1. The van der Waals surface area contributed by atoms with Crippen LogP contribution >= 0.6 is 15.9 Å². The average Bonchev–Trinajstić information content (AvgIpc) is 2.84. The standard InChI is InChI=1S/C13H13BrN2O4S/c1-2-8-3-4-9(7-11(8)21(15,18)19)16-13(17)10-5-6-12(14)20-10/h3-7H,2H2,1H3,(H,16,17)(H2,15,18,19). The van der Waals surface area contributed by atoms with Crippen molar-refractivity contribution in [2.24, 2.45) is 5.14 Å². The molecule has 0 saturated heterocycles. The molecular weight excluding hydrogens is 360 g/mol. The number of nitrogens with two attached hydrogens (primary N) is 1. The minimum Gasteiger partial charge on any atom is -0.444 e. The Hall–Kier alpha value is -1.64. The zero-order valence-corrected chi connectivity index (χ0v) is 13.5. The van der Waals surface area contributed by atoms with Gasteiger partial charge in [-0.15, -0.1) is 0 Å². The van der Waals surface area contributed by atoms with E-state index in [0.717, 1.165) is 0 Å². The van der Waals surface area contributed by atoms with Crippen molar-refractivity contribution < 1.29 is 17.6 Å². The summed E-state index contributed by atoms with van der Waals surface area (Å²) < 4.78 is 28.7. The molecule has 2 aromatic rings. The quantitative estimate of drug-likeness (QED) is 0.860. The van der Waals surface area contributed by atoms with E-state index >= 15 is 0 Å². The first-order valence-corrected chi connectivity index (χ1v) is 8.37. The summed E-state index contributed by atoms with van der Waals surface area (Å²) in [5, 5.41) is 7.74. The molecular formula is C13H13BrN2O4S. The molecule has 3 N–H and O–H groups in total. The molecule has 0 radical (unpaired) electrons. The lowest BCUT2D eigenvalue weighted by Gasteiger charge is -2.09. The Bertz CT molecular complexity index is 783. The van der Waals surface area contributed by atoms with Crippen molar-refractivity contribution in [3.8, 4) is 0 Å². The predicted octanol–water partition coefficient (Wildman–Crippen LogP) is 2.50. The number of primary sulfonamides is 1. The molecule has 1 amide bonds. The van der Waals surface area contributed by atoms with Gasteiger partial charge in [-0.1, -0.05) is 13.0 Å². The Kier molecular flexibility index (Phi) is 4.50. The highest BCUT2D eigenvalue weighted by molar-refractivity contribution is 9.10. The number of carbonyl (C=O) groups excluding carboxylic acids is 1. The monoisotopic (exact) mass is 372 g/mol. The Morgan fingerprint density at radius 3 is 2.57 bits per heavy atom. The second kappa shape index (κ2) is 6.00. The van der Waals surface area contributed by atoms with E-state index in [1.165, 1.54) is 12.1 Å². The molecule has 0 fully saturated rings. The van der Waals surface area contributed by atoms with Gasteiger partial charge >= 0.3 is 0 Å². The number of nitrogens with one attached hydrogen (secondary N) is 1. The van der Waals surface area contributed by atoms with Crippen LogP contribution in [0.3, 0.4) is 0 Å². The van der Waals surface area contributed by atoms with Crippen LogP contribution in [0.1, 0.15) is 23.0 Å². The van der Waals surface area contributed by atoms with Gasteiger partial charge in [0.2, 0.25) is 10.0 Å². The number of benzene rings is 1. The summed E-state index contributed by atoms with van der Waals surface area (Å²) in [7, 11) is -3.85. The highest BCUT2D eigenvalue weighted by Gasteiger charge is 2.16. The number of aryl methyl sites for hydroxylation is 1. The second-order valence-corrected chi connectivity index (χ2v) is 6.59. The molecule has 112 valence electrons. The third-order valence-electron chi connectivity index (χ3n) is 2.81. The molecule has 1 aromatic carbocycles. The molecule has 0 aliphatic carbocycles.